The van der Waals surface area contributed by atoms with Crippen LogP contribution in [0, 0.1) is 11.8 Å². The van der Waals surface area contributed by atoms with E-state index in [1.165, 1.54) is 0 Å². The summed E-state index contributed by atoms with van der Waals surface area (Å²) in [6, 6.07) is 0.188. The molecule has 0 radical (unpaired) electrons. The molecular formula is C19H32N2O6. The summed E-state index contributed by atoms with van der Waals surface area (Å²) in [6.45, 7) is 0.888. The van der Waals surface area contributed by atoms with Crippen molar-refractivity contribution >= 4 is 17.8 Å². The lowest BCUT2D eigenvalue weighted by Crippen LogP contribution is -2.45. The average molecular weight is 384 g/mol. The van der Waals surface area contributed by atoms with Crippen molar-refractivity contribution in [3.63, 3.8) is 0 Å². The van der Waals surface area contributed by atoms with Gasteiger partial charge in [-0.2, -0.15) is 0 Å². The van der Waals surface area contributed by atoms with E-state index in [2.05, 4.69) is 10.6 Å². The number of carboxylic acids is 1. The van der Waals surface area contributed by atoms with Crippen LogP contribution in [0.25, 0.3) is 0 Å². The van der Waals surface area contributed by atoms with Crippen LogP contribution in [-0.4, -0.2) is 61.9 Å². The Bertz CT molecular complexity index is 496. The molecule has 0 unspecified atom stereocenters. The number of ether oxygens (including phenoxy) is 2. The Morgan fingerprint density at radius 2 is 1.41 bits per heavy atom. The third kappa shape index (κ3) is 7.46. The Balaban J connectivity index is 1.61. The van der Waals surface area contributed by atoms with Crippen LogP contribution in [0.1, 0.15) is 51.4 Å². The second-order valence-electron chi connectivity index (χ2n) is 7.56. The van der Waals surface area contributed by atoms with Crippen LogP contribution >= 0.6 is 0 Å². The number of nitrogens with one attached hydrogen (secondary N) is 2. The first-order valence-electron chi connectivity index (χ1n) is 9.88. The number of aliphatic carboxylic acids is 1. The molecule has 2 aliphatic carbocycles. The highest BCUT2D eigenvalue weighted by Crippen LogP contribution is 2.27. The third-order valence-electron chi connectivity index (χ3n) is 5.55. The fourth-order valence-corrected chi connectivity index (χ4v) is 3.88. The number of rotatable bonds is 9. The van der Waals surface area contributed by atoms with Crippen LogP contribution in [0.2, 0.25) is 0 Å². The van der Waals surface area contributed by atoms with E-state index in [0.29, 0.717) is 26.1 Å². The van der Waals surface area contributed by atoms with Gasteiger partial charge in [0.1, 0.15) is 6.61 Å². The fraction of sp³-hybridized carbons (Fsp3) is 0.842. The molecule has 3 N–H and O–H groups in total. The Morgan fingerprint density at radius 3 is 1.96 bits per heavy atom. The molecule has 8 nitrogen and oxygen atoms in total. The zero-order chi connectivity index (χ0) is 19.6. The number of amides is 2. The van der Waals surface area contributed by atoms with E-state index in [9.17, 15) is 14.4 Å². The lowest BCUT2D eigenvalue weighted by atomic mass is 9.83. The van der Waals surface area contributed by atoms with Crippen molar-refractivity contribution in [2.45, 2.75) is 63.5 Å². The van der Waals surface area contributed by atoms with Crippen LogP contribution < -0.4 is 10.6 Å². The second-order valence-corrected chi connectivity index (χ2v) is 7.56. The van der Waals surface area contributed by atoms with Crippen molar-refractivity contribution in [2.75, 3.05) is 26.9 Å². The molecule has 2 fully saturated rings. The van der Waals surface area contributed by atoms with E-state index in [1.807, 2.05) is 0 Å². The third-order valence-corrected chi connectivity index (χ3v) is 5.55. The van der Waals surface area contributed by atoms with Crippen LogP contribution in [0.4, 0.5) is 0 Å². The van der Waals surface area contributed by atoms with Gasteiger partial charge in [0.25, 0.3) is 0 Å². The number of carbonyl (C=O) groups excluding carboxylic acids is 2. The van der Waals surface area contributed by atoms with Gasteiger partial charge in [-0.1, -0.05) is 0 Å². The average Bonchev–Trinajstić information content (AvgIpc) is 2.66. The summed E-state index contributed by atoms with van der Waals surface area (Å²) in [7, 11) is 1.58. The molecule has 2 aliphatic rings. The number of carboxylic acid groups (broad SMARTS) is 1. The molecule has 0 bridgehead atoms. The van der Waals surface area contributed by atoms with Gasteiger partial charge in [-0.15, -0.1) is 0 Å². The molecule has 0 aromatic rings. The van der Waals surface area contributed by atoms with E-state index in [1.54, 1.807) is 7.11 Å². The Kier molecular flexibility index (Phi) is 9.00. The summed E-state index contributed by atoms with van der Waals surface area (Å²) in [5.41, 5.74) is 0. The van der Waals surface area contributed by atoms with E-state index in [0.717, 1.165) is 38.5 Å². The fourth-order valence-electron chi connectivity index (χ4n) is 3.88. The van der Waals surface area contributed by atoms with Crippen LogP contribution in [0.5, 0.6) is 0 Å². The monoisotopic (exact) mass is 384 g/mol. The molecule has 0 heterocycles. The minimum absolute atomic E-state index is 0.0201. The Morgan fingerprint density at radius 1 is 0.852 bits per heavy atom. The van der Waals surface area contributed by atoms with Gasteiger partial charge in [0, 0.05) is 25.1 Å². The molecule has 0 aliphatic heterocycles. The second kappa shape index (κ2) is 11.2. The Labute approximate surface area is 160 Å². The highest BCUT2D eigenvalue weighted by atomic mass is 16.5. The standard InChI is InChI=1S/C19H32N2O6/c1-26-10-11-27-12-17(22)20-15-6-2-13(3-7-15)18(23)21-16-8-4-14(5-9-16)19(24)25/h13-16H,2-12H2,1H3,(H,20,22)(H,21,23)(H,24,25). The molecule has 2 saturated carbocycles. The molecule has 0 spiro atoms. The van der Waals surface area contributed by atoms with Crippen LogP contribution in [0.15, 0.2) is 0 Å². The van der Waals surface area contributed by atoms with Crippen LogP contribution in [0.3, 0.4) is 0 Å². The predicted molar refractivity (Wildman–Crippen MR) is 98.1 cm³/mol. The summed E-state index contributed by atoms with van der Waals surface area (Å²) in [5.74, 6) is -1.08. The Hall–Kier alpha value is -1.67. The molecule has 2 rings (SSSR count). The summed E-state index contributed by atoms with van der Waals surface area (Å²) in [4.78, 5) is 35.3. The van der Waals surface area contributed by atoms with Gasteiger partial charge in [-0.05, 0) is 51.4 Å². The first-order valence-corrected chi connectivity index (χ1v) is 9.88. The zero-order valence-electron chi connectivity index (χ0n) is 16.1. The summed E-state index contributed by atoms with van der Waals surface area (Å²) in [5, 5.41) is 15.1. The largest absolute Gasteiger partial charge is 0.481 e. The van der Waals surface area contributed by atoms with Gasteiger partial charge in [0.2, 0.25) is 11.8 Å². The number of hydrogen-bond acceptors (Lipinski definition) is 5. The van der Waals surface area contributed by atoms with Gasteiger partial charge in [0.15, 0.2) is 0 Å². The molecule has 8 heteroatoms. The van der Waals surface area contributed by atoms with E-state index in [4.69, 9.17) is 14.6 Å². The van der Waals surface area contributed by atoms with Crippen molar-refractivity contribution in [1.29, 1.82) is 0 Å². The highest BCUT2D eigenvalue weighted by Gasteiger charge is 2.31. The summed E-state index contributed by atoms with van der Waals surface area (Å²) < 4.78 is 10.1. The van der Waals surface area contributed by atoms with Crippen molar-refractivity contribution in [1.82, 2.24) is 10.6 Å². The molecule has 154 valence electrons. The molecule has 0 atom stereocenters. The minimum atomic E-state index is -0.732. The van der Waals surface area contributed by atoms with Crippen molar-refractivity contribution in [3.8, 4) is 0 Å². The van der Waals surface area contributed by atoms with Crippen LogP contribution in [-0.2, 0) is 23.9 Å². The van der Waals surface area contributed by atoms with Gasteiger partial charge in [-0.3, -0.25) is 14.4 Å². The molecule has 2 amide bonds. The molecular weight excluding hydrogens is 352 g/mol. The quantitative estimate of drug-likeness (QED) is 0.513. The molecule has 0 aromatic heterocycles. The maximum Gasteiger partial charge on any atom is 0.306 e. The molecule has 0 saturated heterocycles. The lowest BCUT2D eigenvalue weighted by molar-refractivity contribution is -0.142. The topological polar surface area (TPSA) is 114 Å². The molecule has 0 aromatic carbocycles. The maximum atomic E-state index is 12.5. The van der Waals surface area contributed by atoms with Gasteiger partial charge in [0.05, 0.1) is 19.1 Å². The molecule has 27 heavy (non-hydrogen) atoms. The van der Waals surface area contributed by atoms with Crippen molar-refractivity contribution in [3.05, 3.63) is 0 Å². The van der Waals surface area contributed by atoms with E-state index in [-0.39, 0.29) is 42.3 Å². The van der Waals surface area contributed by atoms with Crippen molar-refractivity contribution in [2.24, 2.45) is 11.8 Å². The number of hydrogen-bond donors (Lipinski definition) is 3. The highest BCUT2D eigenvalue weighted by molar-refractivity contribution is 5.79. The summed E-state index contributed by atoms with van der Waals surface area (Å²) >= 11 is 0. The normalized spacial score (nSPS) is 28.3. The SMILES string of the molecule is COCCOCC(=O)NC1CCC(C(=O)NC2CCC(C(=O)O)CC2)CC1. The predicted octanol–water partition coefficient (Wildman–Crippen LogP) is 1.08. The smallest absolute Gasteiger partial charge is 0.306 e. The van der Waals surface area contributed by atoms with Gasteiger partial charge in [-0.25, -0.2) is 0 Å². The first-order chi connectivity index (χ1) is 13.0. The zero-order valence-corrected chi connectivity index (χ0v) is 16.1. The van der Waals surface area contributed by atoms with Gasteiger partial charge < -0.3 is 25.2 Å². The maximum absolute atomic E-state index is 12.5. The first kappa shape index (κ1) is 21.6. The van der Waals surface area contributed by atoms with E-state index >= 15 is 0 Å². The van der Waals surface area contributed by atoms with E-state index < -0.39 is 5.97 Å². The number of methoxy groups -OCH3 is 1. The lowest BCUT2D eigenvalue weighted by Gasteiger charge is -2.31. The minimum Gasteiger partial charge on any atom is -0.481 e. The summed E-state index contributed by atoms with van der Waals surface area (Å²) in [6.07, 6.45) is 5.81. The number of carbonyl (C=O) groups is 3. The van der Waals surface area contributed by atoms with Gasteiger partial charge >= 0.3 is 5.97 Å². The van der Waals surface area contributed by atoms with Crippen molar-refractivity contribution < 1.29 is 29.0 Å².